The summed E-state index contributed by atoms with van der Waals surface area (Å²) in [5.74, 6) is -1.31. The van der Waals surface area contributed by atoms with Gasteiger partial charge in [0.25, 0.3) is 0 Å². The van der Waals surface area contributed by atoms with E-state index in [1.54, 1.807) is 0 Å². The molecule has 0 radical (unpaired) electrons. The molecule has 0 N–H and O–H groups in total. The maximum absolute atomic E-state index is 12.7. The second-order valence-corrected chi connectivity index (χ2v) is 5.92. The number of rotatable bonds is 2. The lowest BCUT2D eigenvalue weighted by Crippen LogP contribution is -2.51. The SMILES string of the molecule is COC(=O)C1(N=[N+]=[N-])C(=O)C2(C)CCC1C2(C)C. The summed E-state index contributed by atoms with van der Waals surface area (Å²) < 4.78 is 4.73. The number of nitrogens with zero attached hydrogens (tertiary/aromatic N) is 3. The van der Waals surface area contributed by atoms with Crippen LogP contribution in [0.15, 0.2) is 5.11 Å². The van der Waals surface area contributed by atoms with Gasteiger partial charge in [-0.05, 0) is 29.7 Å². The van der Waals surface area contributed by atoms with Crippen molar-refractivity contribution in [2.45, 2.75) is 39.2 Å². The number of Topliss-reactive ketones (excluding diaryl/α,β-unsaturated/α-hetero) is 1. The van der Waals surface area contributed by atoms with Gasteiger partial charge in [-0.3, -0.25) is 9.59 Å². The molecule has 6 nitrogen and oxygen atoms in total. The third-order valence-electron chi connectivity index (χ3n) is 5.28. The van der Waals surface area contributed by atoms with Crippen molar-refractivity contribution in [3.8, 4) is 0 Å². The Labute approximate surface area is 105 Å². The van der Waals surface area contributed by atoms with E-state index in [-0.39, 0.29) is 17.1 Å². The number of hydrogen-bond donors (Lipinski definition) is 0. The quantitative estimate of drug-likeness (QED) is 0.247. The summed E-state index contributed by atoms with van der Waals surface area (Å²) in [5, 5.41) is 3.59. The molecule has 98 valence electrons. The molecule has 2 aliphatic rings. The van der Waals surface area contributed by atoms with Crippen LogP contribution in [0.25, 0.3) is 10.4 Å². The Morgan fingerprint density at radius 1 is 1.50 bits per heavy atom. The van der Waals surface area contributed by atoms with Gasteiger partial charge in [0.15, 0.2) is 5.78 Å². The van der Waals surface area contributed by atoms with Crippen LogP contribution in [0.2, 0.25) is 0 Å². The predicted octanol–water partition coefficient (Wildman–Crippen LogP) is 2.23. The Balaban J connectivity index is 2.69. The lowest BCUT2D eigenvalue weighted by atomic mass is 9.70. The van der Waals surface area contributed by atoms with Crippen LogP contribution in [0.1, 0.15) is 33.6 Å². The molecule has 0 aromatic carbocycles. The second kappa shape index (κ2) is 3.48. The number of carbonyl (C=O) groups excluding carboxylic acids is 2. The van der Waals surface area contributed by atoms with Gasteiger partial charge >= 0.3 is 5.97 Å². The summed E-state index contributed by atoms with van der Waals surface area (Å²) in [5.41, 5.74) is 6.07. The fourth-order valence-corrected chi connectivity index (χ4v) is 3.83. The largest absolute Gasteiger partial charge is 0.468 e. The zero-order valence-corrected chi connectivity index (χ0v) is 11.1. The fraction of sp³-hybridized carbons (Fsp3) is 0.833. The first kappa shape index (κ1) is 12.9. The number of esters is 1. The molecule has 0 aliphatic heterocycles. The van der Waals surface area contributed by atoms with E-state index in [0.29, 0.717) is 6.42 Å². The van der Waals surface area contributed by atoms with Crippen LogP contribution >= 0.6 is 0 Å². The molecule has 2 aliphatic carbocycles. The molecule has 3 atom stereocenters. The highest BCUT2D eigenvalue weighted by Gasteiger charge is 2.76. The van der Waals surface area contributed by atoms with Crippen molar-refractivity contribution in [2.75, 3.05) is 7.11 Å². The lowest BCUT2D eigenvalue weighted by Gasteiger charge is -2.32. The molecule has 0 saturated heterocycles. The van der Waals surface area contributed by atoms with E-state index in [9.17, 15) is 9.59 Å². The van der Waals surface area contributed by atoms with E-state index >= 15 is 0 Å². The molecule has 6 heteroatoms. The second-order valence-electron chi connectivity index (χ2n) is 5.92. The molecule has 0 aromatic heterocycles. The number of ether oxygens (including phenoxy) is 1. The highest BCUT2D eigenvalue weighted by molar-refractivity contribution is 6.14. The van der Waals surface area contributed by atoms with Crippen LogP contribution in [-0.4, -0.2) is 24.4 Å². The van der Waals surface area contributed by atoms with Crippen LogP contribution in [0.4, 0.5) is 0 Å². The molecule has 18 heavy (non-hydrogen) atoms. The Morgan fingerprint density at radius 3 is 2.50 bits per heavy atom. The molecule has 2 fully saturated rings. The molecular weight excluding hydrogens is 234 g/mol. The van der Waals surface area contributed by atoms with Crippen molar-refractivity contribution in [3.05, 3.63) is 10.4 Å². The van der Waals surface area contributed by atoms with Crippen LogP contribution in [-0.2, 0) is 14.3 Å². The van der Waals surface area contributed by atoms with Gasteiger partial charge in [0.2, 0.25) is 5.54 Å². The molecule has 0 heterocycles. The first-order chi connectivity index (χ1) is 8.29. The van der Waals surface area contributed by atoms with E-state index in [1.807, 2.05) is 20.8 Å². The van der Waals surface area contributed by atoms with E-state index < -0.39 is 16.9 Å². The van der Waals surface area contributed by atoms with E-state index in [1.165, 1.54) is 7.11 Å². The van der Waals surface area contributed by atoms with Crippen LogP contribution in [0.3, 0.4) is 0 Å². The highest BCUT2D eigenvalue weighted by Crippen LogP contribution is 2.68. The van der Waals surface area contributed by atoms with Crippen LogP contribution < -0.4 is 0 Å². The Morgan fingerprint density at radius 2 is 2.11 bits per heavy atom. The standard InChI is InChI=1S/C12H17N3O3/c1-10(2)7-5-6-11(10,3)8(16)12(7,14-15-13)9(17)18-4/h7H,5-6H2,1-4H3. The van der Waals surface area contributed by atoms with Crippen molar-refractivity contribution in [1.29, 1.82) is 0 Å². The Kier molecular flexibility index (Phi) is 2.49. The average Bonchev–Trinajstić information content (AvgIpc) is 2.62. The number of carbonyl (C=O) groups is 2. The third-order valence-corrected chi connectivity index (χ3v) is 5.28. The van der Waals surface area contributed by atoms with E-state index in [0.717, 1.165) is 6.42 Å². The van der Waals surface area contributed by atoms with Crippen molar-refractivity contribution in [3.63, 3.8) is 0 Å². The number of methoxy groups -OCH3 is 1. The summed E-state index contributed by atoms with van der Waals surface area (Å²) in [4.78, 5) is 27.4. The molecule has 3 unspecified atom stereocenters. The van der Waals surface area contributed by atoms with Crippen molar-refractivity contribution >= 4 is 11.8 Å². The summed E-state index contributed by atoms with van der Waals surface area (Å²) >= 11 is 0. The molecule has 0 spiro atoms. The minimum Gasteiger partial charge on any atom is -0.468 e. The molecule has 2 bridgehead atoms. The van der Waals surface area contributed by atoms with Gasteiger partial charge in [0.1, 0.15) is 0 Å². The molecule has 0 amide bonds. The van der Waals surface area contributed by atoms with Gasteiger partial charge in [-0.15, -0.1) is 0 Å². The van der Waals surface area contributed by atoms with Crippen LogP contribution in [0.5, 0.6) is 0 Å². The first-order valence-electron chi connectivity index (χ1n) is 5.98. The number of azide groups is 1. The van der Waals surface area contributed by atoms with Crippen molar-refractivity contribution < 1.29 is 14.3 Å². The maximum Gasteiger partial charge on any atom is 0.325 e. The third kappa shape index (κ3) is 1.07. The minimum atomic E-state index is -1.67. The predicted molar refractivity (Wildman–Crippen MR) is 63.5 cm³/mol. The van der Waals surface area contributed by atoms with Gasteiger partial charge in [-0.1, -0.05) is 25.9 Å². The van der Waals surface area contributed by atoms with Crippen molar-refractivity contribution in [2.24, 2.45) is 21.9 Å². The zero-order chi connectivity index (χ0) is 13.8. The molecule has 2 saturated carbocycles. The number of fused-ring (bicyclic) bond motifs is 2. The summed E-state index contributed by atoms with van der Waals surface area (Å²) in [6.45, 7) is 5.77. The molecule has 2 rings (SSSR count). The summed E-state index contributed by atoms with van der Waals surface area (Å²) in [6.07, 6.45) is 1.42. The minimum absolute atomic E-state index is 0.286. The van der Waals surface area contributed by atoms with Crippen molar-refractivity contribution in [1.82, 2.24) is 0 Å². The monoisotopic (exact) mass is 251 g/mol. The number of ketones is 1. The lowest BCUT2D eigenvalue weighted by molar-refractivity contribution is -0.154. The van der Waals surface area contributed by atoms with Crippen LogP contribution in [0, 0.1) is 16.7 Å². The maximum atomic E-state index is 12.7. The smallest absolute Gasteiger partial charge is 0.325 e. The van der Waals surface area contributed by atoms with Gasteiger partial charge in [0, 0.05) is 10.3 Å². The van der Waals surface area contributed by atoms with Gasteiger partial charge in [0.05, 0.1) is 7.11 Å². The highest BCUT2D eigenvalue weighted by atomic mass is 16.5. The Bertz CT molecular complexity index is 481. The Hall–Kier alpha value is -1.55. The van der Waals surface area contributed by atoms with Gasteiger partial charge in [-0.25, -0.2) is 0 Å². The normalized spacial score (nSPS) is 40.4. The summed E-state index contributed by atoms with van der Waals surface area (Å²) in [6, 6.07) is 0. The number of hydrogen-bond acceptors (Lipinski definition) is 4. The zero-order valence-electron chi connectivity index (χ0n) is 11.1. The van der Waals surface area contributed by atoms with E-state index in [2.05, 4.69) is 10.0 Å². The topological polar surface area (TPSA) is 92.1 Å². The fourth-order valence-electron chi connectivity index (χ4n) is 3.83. The first-order valence-corrected chi connectivity index (χ1v) is 5.98. The average molecular weight is 251 g/mol. The van der Waals surface area contributed by atoms with E-state index in [4.69, 9.17) is 10.3 Å². The van der Waals surface area contributed by atoms with Gasteiger partial charge in [-0.2, -0.15) is 0 Å². The molecular formula is C12H17N3O3. The van der Waals surface area contributed by atoms with Gasteiger partial charge < -0.3 is 4.74 Å². The molecule has 0 aromatic rings. The summed E-state index contributed by atoms with van der Waals surface area (Å²) in [7, 11) is 1.21.